The molecule has 2 aliphatic rings. The summed E-state index contributed by atoms with van der Waals surface area (Å²) in [5, 5.41) is 2.87. The van der Waals surface area contributed by atoms with E-state index in [0.717, 1.165) is 18.7 Å². The van der Waals surface area contributed by atoms with E-state index in [1.165, 1.54) is 4.31 Å². The third-order valence-corrected chi connectivity index (χ3v) is 6.88. The van der Waals surface area contributed by atoms with Crippen LogP contribution < -0.4 is 10.2 Å². The average Bonchev–Trinajstić information content (AvgIpc) is 3.08. The van der Waals surface area contributed by atoms with E-state index in [-0.39, 0.29) is 30.0 Å². The van der Waals surface area contributed by atoms with Crippen molar-refractivity contribution >= 4 is 33.2 Å². The molecule has 2 fully saturated rings. The molecule has 0 bridgehead atoms. The van der Waals surface area contributed by atoms with Gasteiger partial charge in [0.1, 0.15) is 0 Å². The minimum atomic E-state index is -3.26. The third kappa shape index (κ3) is 4.07. The van der Waals surface area contributed by atoms with Crippen LogP contribution in [0.2, 0.25) is 0 Å². The first-order valence-electron chi connectivity index (χ1n) is 9.10. The van der Waals surface area contributed by atoms with Crippen LogP contribution in [0.25, 0.3) is 0 Å². The molecule has 0 radical (unpaired) electrons. The lowest BCUT2D eigenvalue weighted by molar-refractivity contribution is -0.121. The third-order valence-electron chi connectivity index (χ3n) is 5.03. The number of benzene rings is 1. The van der Waals surface area contributed by atoms with E-state index in [4.69, 9.17) is 0 Å². The van der Waals surface area contributed by atoms with Crippen molar-refractivity contribution in [2.24, 2.45) is 5.92 Å². The summed E-state index contributed by atoms with van der Waals surface area (Å²) in [5.41, 5.74) is 1.49. The van der Waals surface area contributed by atoms with Gasteiger partial charge in [0.25, 0.3) is 0 Å². The first-order chi connectivity index (χ1) is 12.4. The first kappa shape index (κ1) is 18.8. The van der Waals surface area contributed by atoms with Crippen LogP contribution >= 0.6 is 0 Å². The van der Waals surface area contributed by atoms with E-state index in [1.807, 2.05) is 12.1 Å². The Labute approximate surface area is 154 Å². The van der Waals surface area contributed by atoms with Gasteiger partial charge in [-0.2, -0.15) is 0 Å². The molecule has 0 spiro atoms. The number of nitrogens with one attached hydrogen (secondary N) is 1. The summed E-state index contributed by atoms with van der Waals surface area (Å²) in [6.45, 7) is 3.07. The van der Waals surface area contributed by atoms with Gasteiger partial charge in [-0.15, -0.1) is 0 Å². The summed E-state index contributed by atoms with van der Waals surface area (Å²) < 4.78 is 25.5. The Kier molecular flexibility index (Phi) is 5.62. The zero-order chi connectivity index (χ0) is 18.7. The van der Waals surface area contributed by atoms with E-state index >= 15 is 0 Å². The van der Waals surface area contributed by atoms with Gasteiger partial charge in [0.2, 0.25) is 21.8 Å². The molecular weight excluding hydrogens is 354 g/mol. The van der Waals surface area contributed by atoms with Gasteiger partial charge in [-0.1, -0.05) is 0 Å². The van der Waals surface area contributed by atoms with Gasteiger partial charge in [-0.05, 0) is 50.5 Å². The molecule has 1 aromatic carbocycles. The lowest BCUT2D eigenvalue weighted by atomic mass is 9.98. The molecule has 8 heteroatoms. The molecule has 1 N–H and O–H groups in total. The SMILES string of the molecule is CCS(=O)(=O)N1CCC[C@H](C(=O)Nc2ccc(N3CCCC3=O)cc2)C1. The van der Waals surface area contributed by atoms with Crippen molar-refractivity contribution in [2.45, 2.75) is 32.6 Å². The predicted molar refractivity (Wildman–Crippen MR) is 100 cm³/mol. The van der Waals surface area contributed by atoms with E-state index < -0.39 is 10.0 Å². The fraction of sp³-hybridized carbons (Fsp3) is 0.556. The van der Waals surface area contributed by atoms with Gasteiger partial charge in [-0.3, -0.25) is 9.59 Å². The van der Waals surface area contributed by atoms with Crippen LogP contribution in [0, 0.1) is 5.92 Å². The molecule has 26 heavy (non-hydrogen) atoms. The van der Waals surface area contributed by atoms with Crippen molar-refractivity contribution in [1.29, 1.82) is 0 Å². The second kappa shape index (κ2) is 7.75. The molecule has 0 aliphatic carbocycles. The molecule has 2 amide bonds. The lowest BCUT2D eigenvalue weighted by Gasteiger charge is -2.30. The van der Waals surface area contributed by atoms with E-state index in [0.29, 0.717) is 31.5 Å². The van der Waals surface area contributed by atoms with Crippen LogP contribution in [0.4, 0.5) is 11.4 Å². The highest BCUT2D eigenvalue weighted by Crippen LogP contribution is 2.25. The zero-order valence-electron chi connectivity index (χ0n) is 15.0. The molecule has 0 aromatic heterocycles. The van der Waals surface area contributed by atoms with E-state index in [1.54, 1.807) is 24.0 Å². The largest absolute Gasteiger partial charge is 0.326 e. The summed E-state index contributed by atoms with van der Waals surface area (Å²) in [5.74, 6) is -0.324. The number of anilines is 2. The van der Waals surface area contributed by atoms with Crippen molar-refractivity contribution in [2.75, 3.05) is 35.6 Å². The van der Waals surface area contributed by atoms with Gasteiger partial charge in [0.15, 0.2) is 0 Å². The number of sulfonamides is 1. The average molecular weight is 379 g/mol. The van der Waals surface area contributed by atoms with E-state index in [9.17, 15) is 18.0 Å². The molecule has 3 rings (SSSR count). The molecule has 0 unspecified atom stereocenters. The van der Waals surface area contributed by atoms with Gasteiger partial charge in [0, 0.05) is 37.4 Å². The highest BCUT2D eigenvalue weighted by atomic mass is 32.2. The molecule has 2 heterocycles. The smallest absolute Gasteiger partial charge is 0.228 e. The van der Waals surface area contributed by atoms with Crippen molar-refractivity contribution in [3.05, 3.63) is 24.3 Å². The number of nitrogens with zero attached hydrogens (tertiary/aromatic N) is 2. The number of carbonyl (C=O) groups is 2. The highest BCUT2D eigenvalue weighted by molar-refractivity contribution is 7.89. The van der Waals surface area contributed by atoms with E-state index in [2.05, 4.69) is 5.32 Å². The van der Waals surface area contributed by atoms with Crippen LogP contribution in [0.5, 0.6) is 0 Å². The summed E-state index contributed by atoms with van der Waals surface area (Å²) in [6, 6.07) is 7.21. The second-order valence-electron chi connectivity index (χ2n) is 6.78. The Hall–Kier alpha value is -1.93. The normalized spacial score (nSPS) is 21.8. The van der Waals surface area contributed by atoms with Crippen molar-refractivity contribution < 1.29 is 18.0 Å². The second-order valence-corrected chi connectivity index (χ2v) is 9.04. The monoisotopic (exact) mass is 379 g/mol. The van der Waals surface area contributed by atoms with Crippen molar-refractivity contribution in [1.82, 2.24) is 4.31 Å². The van der Waals surface area contributed by atoms with Gasteiger partial charge in [0.05, 0.1) is 11.7 Å². The van der Waals surface area contributed by atoms with Crippen LogP contribution in [0.15, 0.2) is 24.3 Å². The topological polar surface area (TPSA) is 86.8 Å². The number of piperidine rings is 1. The molecule has 2 saturated heterocycles. The summed E-state index contributed by atoms with van der Waals surface area (Å²) in [4.78, 5) is 26.1. The number of hydrogen-bond acceptors (Lipinski definition) is 4. The minimum Gasteiger partial charge on any atom is -0.326 e. The Morgan fingerprint density at radius 3 is 2.54 bits per heavy atom. The van der Waals surface area contributed by atoms with Crippen LogP contribution in [0.1, 0.15) is 32.6 Å². The molecule has 7 nitrogen and oxygen atoms in total. The van der Waals surface area contributed by atoms with Crippen LogP contribution in [0.3, 0.4) is 0 Å². The van der Waals surface area contributed by atoms with Crippen molar-refractivity contribution in [3.63, 3.8) is 0 Å². The number of hydrogen-bond donors (Lipinski definition) is 1. The summed E-state index contributed by atoms with van der Waals surface area (Å²) in [6.07, 6.45) is 2.82. The fourth-order valence-corrected chi connectivity index (χ4v) is 4.66. The molecule has 1 aromatic rings. The Bertz CT molecular complexity index is 776. The van der Waals surface area contributed by atoms with Crippen LogP contribution in [-0.4, -0.2) is 49.9 Å². The maximum absolute atomic E-state index is 12.5. The predicted octanol–water partition coefficient (Wildman–Crippen LogP) is 1.81. The maximum Gasteiger partial charge on any atom is 0.228 e. The number of rotatable bonds is 5. The van der Waals surface area contributed by atoms with Gasteiger partial charge in [-0.25, -0.2) is 12.7 Å². The summed E-state index contributed by atoms with van der Waals surface area (Å²) >= 11 is 0. The maximum atomic E-state index is 12.5. The Morgan fingerprint density at radius 1 is 1.19 bits per heavy atom. The van der Waals surface area contributed by atoms with Gasteiger partial charge >= 0.3 is 0 Å². The molecule has 2 aliphatic heterocycles. The Morgan fingerprint density at radius 2 is 1.92 bits per heavy atom. The minimum absolute atomic E-state index is 0.0536. The molecular formula is C18H25N3O4S. The first-order valence-corrected chi connectivity index (χ1v) is 10.7. The lowest BCUT2D eigenvalue weighted by Crippen LogP contribution is -2.44. The number of carbonyl (C=O) groups excluding carboxylic acids is 2. The Balaban J connectivity index is 1.61. The molecule has 1 atom stereocenters. The number of amides is 2. The highest BCUT2D eigenvalue weighted by Gasteiger charge is 2.31. The molecule has 0 saturated carbocycles. The zero-order valence-corrected chi connectivity index (χ0v) is 15.8. The van der Waals surface area contributed by atoms with Crippen LogP contribution in [-0.2, 0) is 19.6 Å². The quantitative estimate of drug-likeness (QED) is 0.845. The fourth-order valence-electron chi connectivity index (χ4n) is 3.48. The molecule has 142 valence electrons. The van der Waals surface area contributed by atoms with Gasteiger partial charge < -0.3 is 10.2 Å². The standard InChI is InChI=1S/C18H25N3O4S/c1-2-26(24,25)20-11-3-5-14(13-20)18(23)19-15-7-9-16(10-8-15)21-12-4-6-17(21)22/h7-10,14H,2-6,11-13H2,1H3,(H,19,23)/t14-/m0/s1. The summed E-state index contributed by atoms with van der Waals surface area (Å²) in [7, 11) is -3.26. The van der Waals surface area contributed by atoms with Crippen molar-refractivity contribution in [3.8, 4) is 0 Å².